The van der Waals surface area contributed by atoms with Crippen molar-refractivity contribution in [1.82, 2.24) is 14.6 Å². The van der Waals surface area contributed by atoms with Gasteiger partial charge >= 0.3 is 0 Å². The summed E-state index contributed by atoms with van der Waals surface area (Å²) in [6.45, 7) is 5.20. The lowest BCUT2D eigenvalue weighted by molar-refractivity contribution is 0.0281. The molecule has 0 aliphatic rings. The summed E-state index contributed by atoms with van der Waals surface area (Å²) in [7, 11) is 0. The zero-order chi connectivity index (χ0) is 18.2. The van der Waals surface area contributed by atoms with Crippen molar-refractivity contribution in [2.45, 2.75) is 26.4 Å². The van der Waals surface area contributed by atoms with E-state index in [-0.39, 0.29) is 6.61 Å². The van der Waals surface area contributed by atoms with Crippen LogP contribution in [0.4, 0.5) is 4.39 Å². The van der Waals surface area contributed by atoms with Crippen molar-refractivity contribution in [3.63, 3.8) is 0 Å². The molecule has 3 rings (SSSR count). The van der Waals surface area contributed by atoms with Gasteiger partial charge in [0.15, 0.2) is 0 Å². The lowest BCUT2D eigenvalue weighted by atomic mass is 10.0. The third-order valence-electron chi connectivity index (χ3n) is 3.71. The van der Waals surface area contributed by atoms with E-state index in [1.54, 1.807) is 30.5 Å². The van der Waals surface area contributed by atoms with Crippen molar-refractivity contribution in [1.29, 1.82) is 5.26 Å². The van der Waals surface area contributed by atoms with Crippen LogP contribution in [0.5, 0.6) is 5.75 Å². The minimum Gasteiger partial charge on any atom is -0.489 e. The molecule has 0 saturated carbocycles. The Kier molecular flexibility index (Phi) is 4.15. The first kappa shape index (κ1) is 16.9. The smallest absolute Gasteiger partial charge is 0.212 e. The van der Waals surface area contributed by atoms with Gasteiger partial charge in [0.2, 0.25) is 5.95 Å². The van der Waals surface area contributed by atoms with Crippen molar-refractivity contribution in [2.24, 2.45) is 0 Å². The molecule has 0 spiro atoms. The highest BCUT2D eigenvalue weighted by Crippen LogP contribution is 2.33. The third-order valence-corrected chi connectivity index (χ3v) is 3.71. The van der Waals surface area contributed by atoms with Crippen molar-refractivity contribution in [2.75, 3.05) is 6.61 Å². The molecule has 7 heteroatoms. The van der Waals surface area contributed by atoms with E-state index >= 15 is 0 Å². The normalized spacial score (nSPS) is 11.5. The van der Waals surface area contributed by atoms with Gasteiger partial charge in [0.05, 0.1) is 28.6 Å². The fraction of sp³-hybridized carbons (Fsp3) is 0.278. The molecule has 0 aliphatic heterocycles. The Bertz CT molecular complexity index is 966. The predicted molar refractivity (Wildman–Crippen MR) is 89.6 cm³/mol. The van der Waals surface area contributed by atoms with Gasteiger partial charge in [0, 0.05) is 17.3 Å². The number of aromatic nitrogens is 3. The van der Waals surface area contributed by atoms with Gasteiger partial charge in [-0.2, -0.15) is 14.8 Å². The molecule has 0 bridgehead atoms. The molecule has 0 radical (unpaired) electrons. The molecule has 0 saturated heterocycles. The van der Waals surface area contributed by atoms with Crippen LogP contribution in [0.1, 0.15) is 25.1 Å². The summed E-state index contributed by atoms with van der Waals surface area (Å²) in [6, 6.07) is 6.71. The quantitative estimate of drug-likeness (QED) is 0.738. The Morgan fingerprint density at radius 2 is 2.12 bits per heavy atom. The van der Waals surface area contributed by atoms with Gasteiger partial charge in [0.1, 0.15) is 18.4 Å². The van der Waals surface area contributed by atoms with Crippen LogP contribution in [-0.2, 0) is 0 Å². The number of fused-ring (bicyclic) bond motifs is 1. The summed E-state index contributed by atoms with van der Waals surface area (Å²) < 4.78 is 20.5. The van der Waals surface area contributed by atoms with E-state index in [9.17, 15) is 14.8 Å². The molecular weight excluding hydrogens is 323 g/mol. The zero-order valence-electron chi connectivity index (χ0n) is 14.1. The Hall–Kier alpha value is -2.98. The first-order chi connectivity index (χ1) is 11.8. The van der Waals surface area contributed by atoms with Crippen LogP contribution in [0, 0.1) is 24.2 Å². The molecule has 6 nitrogen and oxygen atoms in total. The van der Waals surface area contributed by atoms with E-state index in [4.69, 9.17) is 4.74 Å². The number of hydrogen-bond acceptors (Lipinski definition) is 5. The number of pyridine rings is 2. The lowest BCUT2D eigenvalue weighted by Gasteiger charge is -2.20. The molecule has 25 heavy (non-hydrogen) atoms. The Morgan fingerprint density at radius 1 is 1.36 bits per heavy atom. The topological polar surface area (TPSA) is 83.4 Å². The molecule has 3 heterocycles. The van der Waals surface area contributed by atoms with E-state index in [0.717, 1.165) is 0 Å². The van der Waals surface area contributed by atoms with Crippen LogP contribution in [-0.4, -0.2) is 31.9 Å². The molecule has 0 aliphatic carbocycles. The summed E-state index contributed by atoms with van der Waals surface area (Å²) in [5.74, 6) is -0.0686. The number of nitriles is 1. The van der Waals surface area contributed by atoms with Crippen LogP contribution >= 0.6 is 0 Å². The number of aliphatic hydroxyl groups is 1. The minimum atomic E-state index is -0.999. The molecule has 3 aromatic rings. The van der Waals surface area contributed by atoms with Gasteiger partial charge in [-0.25, -0.2) is 9.50 Å². The zero-order valence-corrected chi connectivity index (χ0v) is 14.1. The molecule has 0 unspecified atom stereocenters. The van der Waals surface area contributed by atoms with E-state index in [0.29, 0.717) is 33.7 Å². The summed E-state index contributed by atoms with van der Waals surface area (Å²) in [5.41, 5.74) is 1.98. The van der Waals surface area contributed by atoms with Crippen LogP contribution < -0.4 is 4.74 Å². The van der Waals surface area contributed by atoms with Crippen LogP contribution in [0.3, 0.4) is 0 Å². The largest absolute Gasteiger partial charge is 0.489 e. The number of halogens is 1. The monoisotopic (exact) mass is 340 g/mol. The van der Waals surface area contributed by atoms with Crippen LogP contribution in [0.15, 0.2) is 30.6 Å². The summed E-state index contributed by atoms with van der Waals surface area (Å²) in [6.07, 6.45) is 2.87. The highest BCUT2D eigenvalue weighted by atomic mass is 19.1. The first-order valence-corrected chi connectivity index (χ1v) is 7.69. The Labute approximate surface area is 144 Å². The molecule has 0 aromatic carbocycles. The maximum atomic E-state index is 13.2. The Morgan fingerprint density at radius 3 is 2.72 bits per heavy atom. The lowest BCUT2D eigenvalue weighted by Crippen LogP contribution is -2.28. The maximum Gasteiger partial charge on any atom is 0.212 e. The summed E-state index contributed by atoms with van der Waals surface area (Å²) in [5, 5.41) is 23.5. The van der Waals surface area contributed by atoms with Crippen LogP contribution in [0.2, 0.25) is 0 Å². The molecule has 0 atom stereocenters. The highest BCUT2D eigenvalue weighted by Gasteiger charge is 2.19. The standard InChI is InChI=1S/C18H17FN4O2/c1-11-15(25-10-18(2,3)24)6-14(12-4-5-16(19)21-8-12)17-13(7-20)9-22-23(11)17/h4-6,8-9,24H,10H2,1-3H3. The average molecular weight is 340 g/mol. The van der Waals surface area contributed by atoms with E-state index in [2.05, 4.69) is 16.2 Å². The van der Waals surface area contributed by atoms with Crippen molar-refractivity contribution >= 4 is 5.52 Å². The number of ether oxygens (including phenoxy) is 1. The van der Waals surface area contributed by atoms with Crippen molar-refractivity contribution in [3.05, 3.63) is 47.8 Å². The SMILES string of the molecule is Cc1c(OCC(C)(C)O)cc(-c2ccc(F)nc2)c2c(C#N)cnn12. The van der Waals surface area contributed by atoms with Crippen molar-refractivity contribution in [3.8, 4) is 22.9 Å². The fourth-order valence-corrected chi connectivity index (χ4v) is 2.51. The second-order valence-corrected chi connectivity index (χ2v) is 6.41. The second kappa shape index (κ2) is 6.15. The van der Waals surface area contributed by atoms with E-state index in [1.807, 2.05) is 6.92 Å². The van der Waals surface area contributed by atoms with Gasteiger partial charge in [-0.3, -0.25) is 0 Å². The van der Waals surface area contributed by atoms with Gasteiger partial charge in [-0.1, -0.05) is 0 Å². The minimum absolute atomic E-state index is 0.0901. The predicted octanol–water partition coefficient (Wildman–Crippen LogP) is 2.87. The van der Waals surface area contributed by atoms with Gasteiger partial charge in [0.25, 0.3) is 0 Å². The number of hydrogen-bond donors (Lipinski definition) is 1. The average Bonchev–Trinajstić information content (AvgIpc) is 2.99. The third kappa shape index (κ3) is 3.30. The molecular formula is C18H17FN4O2. The molecule has 0 amide bonds. The number of aryl methyl sites for hydroxylation is 1. The number of nitrogens with zero attached hydrogens (tertiary/aromatic N) is 4. The first-order valence-electron chi connectivity index (χ1n) is 7.69. The molecule has 128 valence electrons. The van der Waals surface area contributed by atoms with E-state index in [1.165, 1.54) is 18.5 Å². The molecule has 3 aromatic heterocycles. The number of rotatable bonds is 4. The second-order valence-electron chi connectivity index (χ2n) is 6.41. The van der Waals surface area contributed by atoms with Crippen LogP contribution in [0.25, 0.3) is 16.6 Å². The Balaban J connectivity index is 2.22. The molecule has 1 N–H and O–H groups in total. The van der Waals surface area contributed by atoms with E-state index < -0.39 is 11.5 Å². The summed E-state index contributed by atoms with van der Waals surface area (Å²) >= 11 is 0. The summed E-state index contributed by atoms with van der Waals surface area (Å²) in [4.78, 5) is 3.68. The highest BCUT2D eigenvalue weighted by molar-refractivity contribution is 5.85. The van der Waals surface area contributed by atoms with Gasteiger partial charge < -0.3 is 9.84 Å². The van der Waals surface area contributed by atoms with Gasteiger partial charge in [-0.05, 0) is 39.0 Å². The fourth-order valence-electron chi connectivity index (χ4n) is 2.51. The van der Waals surface area contributed by atoms with Gasteiger partial charge in [-0.15, -0.1) is 0 Å². The van der Waals surface area contributed by atoms with Crippen molar-refractivity contribution < 1.29 is 14.2 Å². The maximum absolute atomic E-state index is 13.2. The molecule has 0 fully saturated rings.